The minimum absolute atomic E-state index is 0. The van der Waals surface area contributed by atoms with Crippen LogP contribution in [0.5, 0.6) is 0 Å². The fourth-order valence-electron chi connectivity index (χ4n) is 2.09. The van der Waals surface area contributed by atoms with Crippen molar-refractivity contribution < 1.29 is 4.79 Å². The number of benzene rings is 1. The second-order valence-corrected chi connectivity index (χ2v) is 5.84. The van der Waals surface area contributed by atoms with Crippen molar-refractivity contribution in [3.8, 4) is 0 Å². The lowest BCUT2D eigenvalue weighted by Crippen LogP contribution is -2.15. The topological polar surface area (TPSA) is 41.1 Å². The lowest BCUT2D eigenvalue weighted by atomic mass is 10.0. The number of carbonyl (C=O) groups is 1. The van der Waals surface area contributed by atoms with Crippen molar-refractivity contribution in [2.75, 3.05) is 18.4 Å². The molecule has 0 spiro atoms. The summed E-state index contributed by atoms with van der Waals surface area (Å²) in [7, 11) is 0. The molecule has 1 unspecified atom stereocenters. The summed E-state index contributed by atoms with van der Waals surface area (Å²) in [6, 6.07) is 5.39. The molecule has 0 radical (unpaired) electrons. The third-order valence-corrected chi connectivity index (χ3v) is 4.36. The molecule has 0 saturated carbocycles. The van der Waals surface area contributed by atoms with Gasteiger partial charge in [0.05, 0.1) is 5.02 Å². The number of carbonyl (C=O) groups excluding carboxylic acids is 1. The highest BCUT2D eigenvalue weighted by molar-refractivity contribution is 9.10. The summed E-state index contributed by atoms with van der Waals surface area (Å²) in [6.07, 6.45) is 2.71. The zero-order valence-electron chi connectivity index (χ0n) is 10.4. The average Bonchev–Trinajstić information content (AvgIpc) is 2.84. The summed E-state index contributed by atoms with van der Waals surface area (Å²) in [5.41, 5.74) is 0.779. The zero-order chi connectivity index (χ0) is 13.0. The Morgan fingerprint density at radius 1 is 1.53 bits per heavy atom. The van der Waals surface area contributed by atoms with Gasteiger partial charge in [0.15, 0.2) is 0 Å². The van der Waals surface area contributed by atoms with Crippen LogP contribution >= 0.6 is 39.9 Å². The van der Waals surface area contributed by atoms with Crippen LogP contribution in [0, 0.1) is 5.92 Å². The van der Waals surface area contributed by atoms with Crippen LogP contribution in [0.4, 0.5) is 5.69 Å². The fourth-order valence-corrected chi connectivity index (χ4v) is 2.59. The number of amides is 1. The predicted molar refractivity (Wildman–Crippen MR) is 85.2 cm³/mol. The molecule has 19 heavy (non-hydrogen) atoms. The molecule has 1 amide bonds. The largest absolute Gasteiger partial charge is 0.326 e. The van der Waals surface area contributed by atoms with Gasteiger partial charge in [-0.3, -0.25) is 4.79 Å². The van der Waals surface area contributed by atoms with Crippen LogP contribution in [-0.4, -0.2) is 19.0 Å². The van der Waals surface area contributed by atoms with Crippen LogP contribution in [0.25, 0.3) is 0 Å². The van der Waals surface area contributed by atoms with Gasteiger partial charge in [-0.1, -0.05) is 11.6 Å². The molecule has 1 atom stereocenters. The molecule has 1 aliphatic heterocycles. The monoisotopic (exact) mass is 366 g/mol. The molecule has 2 rings (SSSR count). The molecule has 0 aromatic heterocycles. The Hall–Kier alpha value is -0.290. The molecule has 2 N–H and O–H groups in total. The Bertz CT molecular complexity index is 437. The standard InChI is InChI=1S/C13H16BrClN2O.ClH/c14-11-7-10(2-3-12(11)15)17-13(18)4-1-9-5-6-16-8-9;/h2-3,7,9,16H,1,4-6,8H2,(H,17,18);1H. The van der Waals surface area contributed by atoms with E-state index < -0.39 is 0 Å². The van der Waals surface area contributed by atoms with Crippen molar-refractivity contribution in [3.63, 3.8) is 0 Å². The molecule has 0 bridgehead atoms. The number of rotatable bonds is 4. The lowest BCUT2D eigenvalue weighted by molar-refractivity contribution is -0.116. The molecule has 3 nitrogen and oxygen atoms in total. The molecule has 6 heteroatoms. The van der Waals surface area contributed by atoms with Crippen LogP contribution in [0.2, 0.25) is 5.02 Å². The first kappa shape index (κ1) is 16.8. The maximum Gasteiger partial charge on any atom is 0.224 e. The molecule has 1 saturated heterocycles. The van der Waals surface area contributed by atoms with E-state index in [-0.39, 0.29) is 18.3 Å². The third kappa shape index (κ3) is 5.30. The van der Waals surface area contributed by atoms with Gasteiger partial charge in [0.2, 0.25) is 5.91 Å². The zero-order valence-corrected chi connectivity index (χ0v) is 13.6. The quantitative estimate of drug-likeness (QED) is 0.848. The highest BCUT2D eigenvalue weighted by atomic mass is 79.9. The number of hydrogen-bond donors (Lipinski definition) is 2. The van der Waals surface area contributed by atoms with Gasteiger partial charge in [0.25, 0.3) is 0 Å². The second kappa shape index (κ2) is 8.10. The number of nitrogens with one attached hydrogen (secondary N) is 2. The highest BCUT2D eigenvalue weighted by Crippen LogP contribution is 2.25. The van der Waals surface area contributed by atoms with E-state index in [9.17, 15) is 4.79 Å². The maximum absolute atomic E-state index is 11.8. The molecular weight excluding hydrogens is 351 g/mol. The van der Waals surface area contributed by atoms with E-state index in [0.29, 0.717) is 17.4 Å². The molecule has 106 valence electrons. The highest BCUT2D eigenvalue weighted by Gasteiger charge is 2.15. The van der Waals surface area contributed by atoms with Crippen molar-refractivity contribution in [1.82, 2.24) is 5.32 Å². The summed E-state index contributed by atoms with van der Waals surface area (Å²) in [6.45, 7) is 2.12. The second-order valence-electron chi connectivity index (χ2n) is 4.57. The van der Waals surface area contributed by atoms with Gasteiger partial charge in [-0.2, -0.15) is 0 Å². The number of anilines is 1. The van der Waals surface area contributed by atoms with Crippen LogP contribution in [0.3, 0.4) is 0 Å². The van der Waals surface area contributed by atoms with Crippen molar-refractivity contribution in [2.45, 2.75) is 19.3 Å². The van der Waals surface area contributed by atoms with Gasteiger partial charge in [0.1, 0.15) is 0 Å². The van der Waals surface area contributed by atoms with E-state index in [1.165, 1.54) is 6.42 Å². The maximum atomic E-state index is 11.8. The first-order valence-corrected chi connectivity index (χ1v) is 7.28. The predicted octanol–water partition coefficient (Wildman–Crippen LogP) is 3.85. The van der Waals surface area contributed by atoms with Crippen molar-refractivity contribution in [1.29, 1.82) is 0 Å². The van der Waals surface area contributed by atoms with Crippen LogP contribution in [0.15, 0.2) is 22.7 Å². The van der Waals surface area contributed by atoms with Crippen LogP contribution in [0.1, 0.15) is 19.3 Å². The van der Waals surface area contributed by atoms with Crippen LogP contribution in [-0.2, 0) is 4.79 Å². The van der Waals surface area contributed by atoms with Gasteiger partial charge in [-0.05, 0) is 66.0 Å². The first-order valence-electron chi connectivity index (χ1n) is 6.11. The lowest BCUT2D eigenvalue weighted by Gasteiger charge is -2.09. The summed E-state index contributed by atoms with van der Waals surface area (Å²) < 4.78 is 0.793. The molecular formula is C13H17BrCl2N2O. The van der Waals surface area contributed by atoms with E-state index in [4.69, 9.17) is 11.6 Å². The Morgan fingerprint density at radius 2 is 2.32 bits per heavy atom. The first-order chi connectivity index (χ1) is 8.65. The summed E-state index contributed by atoms with van der Waals surface area (Å²) in [4.78, 5) is 11.8. The molecule has 0 aliphatic carbocycles. The average molecular weight is 368 g/mol. The van der Waals surface area contributed by atoms with E-state index >= 15 is 0 Å². The van der Waals surface area contributed by atoms with E-state index in [2.05, 4.69) is 26.6 Å². The Balaban J connectivity index is 0.00000180. The van der Waals surface area contributed by atoms with E-state index in [1.807, 2.05) is 12.1 Å². The minimum Gasteiger partial charge on any atom is -0.326 e. The Labute approximate surface area is 133 Å². The smallest absolute Gasteiger partial charge is 0.224 e. The number of hydrogen-bond acceptors (Lipinski definition) is 2. The van der Waals surface area contributed by atoms with E-state index in [0.717, 1.165) is 29.7 Å². The van der Waals surface area contributed by atoms with Gasteiger partial charge in [-0.15, -0.1) is 12.4 Å². The molecule has 1 aromatic rings. The normalized spacial score (nSPS) is 17.9. The summed E-state index contributed by atoms with van der Waals surface area (Å²) in [5, 5.41) is 6.84. The van der Waals surface area contributed by atoms with Crippen molar-refractivity contribution in [2.24, 2.45) is 5.92 Å². The fraction of sp³-hybridized carbons (Fsp3) is 0.462. The molecule has 1 aromatic carbocycles. The van der Waals surface area contributed by atoms with Gasteiger partial charge in [0, 0.05) is 16.6 Å². The van der Waals surface area contributed by atoms with Gasteiger partial charge in [-0.25, -0.2) is 0 Å². The molecule has 1 aliphatic rings. The molecule has 1 heterocycles. The number of halogens is 3. The van der Waals surface area contributed by atoms with Crippen LogP contribution < -0.4 is 10.6 Å². The minimum atomic E-state index is 0. The third-order valence-electron chi connectivity index (χ3n) is 3.15. The molecule has 1 fully saturated rings. The summed E-state index contributed by atoms with van der Waals surface area (Å²) >= 11 is 9.24. The Morgan fingerprint density at radius 3 is 2.95 bits per heavy atom. The van der Waals surface area contributed by atoms with Crippen molar-refractivity contribution in [3.05, 3.63) is 27.7 Å². The van der Waals surface area contributed by atoms with Gasteiger partial charge < -0.3 is 10.6 Å². The van der Waals surface area contributed by atoms with Gasteiger partial charge >= 0.3 is 0 Å². The SMILES string of the molecule is Cl.O=C(CCC1CCNC1)Nc1ccc(Cl)c(Br)c1. The summed E-state index contributed by atoms with van der Waals surface area (Å²) in [5.74, 6) is 0.712. The Kier molecular flexibility index (Phi) is 7.15. The van der Waals surface area contributed by atoms with Crippen molar-refractivity contribution >= 4 is 51.5 Å². The van der Waals surface area contributed by atoms with E-state index in [1.54, 1.807) is 6.07 Å².